The molecular formula is C21H20N4O4S. The van der Waals surface area contributed by atoms with Crippen molar-refractivity contribution in [2.75, 3.05) is 32.0 Å². The van der Waals surface area contributed by atoms with Crippen LogP contribution in [0.4, 0.5) is 5.69 Å². The molecule has 0 spiro atoms. The van der Waals surface area contributed by atoms with Crippen molar-refractivity contribution in [3.05, 3.63) is 59.8 Å². The van der Waals surface area contributed by atoms with Gasteiger partial charge < -0.3 is 15.4 Å². The highest BCUT2D eigenvalue weighted by molar-refractivity contribution is 7.90. The SMILES string of the molecule is Nc1ccc2c(c1)-c1c(c(C(=O)N3CCOCC3)nn1-c1ccccc1)CS2(=O)=O. The first-order chi connectivity index (χ1) is 14.5. The molecule has 5 rings (SSSR count). The maximum absolute atomic E-state index is 13.3. The number of ether oxygens (including phenoxy) is 1. The largest absolute Gasteiger partial charge is 0.399 e. The Balaban J connectivity index is 1.77. The number of benzene rings is 2. The number of aromatic nitrogens is 2. The lowest BCUT2D eigenvalue weighted by atomic mass is 10.0. The van der Waals surface area contributed by atoms with E-state index in [-0.39, 0.29) is 22.2 Å². The van der Waals surface area contributed by atoms with Crippen molar-refractivity contribution in [3.8, 4) is 16.9 Å². The van der Waals surface area contributed by atoms with E-state index in [4.69, 9.17) is 10.5 Å². The van der Waals surface area contributed by atoms with Gasteiger partial charge in [-0.15, -0.1) is 0 Å². The molecule has 30 heavy (non-hydrogen) atoms. The molecule has 1 saturated heterocycles. The van der Waals surface area contributed by atoms with Gasteiger partial charge in [0.1, 0.15) is 0 Å². The van der Waals surface area contributed by atoms with E-state index in [0.29, 0.717) is 48.8 Å². The highest BCUT2D eigenvalue weighted by atomic mass is 32.2. The molecule has 0 aliphatic carbocycles. The zero-order valence-corrected chi connectivity index (χ0v) is 16.9. The second-order valence-electron chi connectivity index (χ2n) is 7.34. The minimum Gasteiger partial charge on any atom is -0.399 e. The lowest BCUT2D eigenvalue weighted by Crippen LogP contribution is -2.41. The van der Waals surface area contributed by atoms with Crippen molar-refractivity contribution < 1.29 is 17.9 Å². The Bertz CT molecular complexity index is 1250. The maximum Gasteiger partial charge on any atom is 0.274 e. The number of nitrogens with two attached hydrogens (primary N) is 1. The quantitative estimate of drug-likeness (QED) is 0.630. The summed E-state index contributed by atoms with van der Waals surface area (Å²) in [4.78, 5) is 15.1. The summed E-state index contributed by atoms with van der Waals surface area (Å²) in [5.41, 5.74) is 8.80. The maximum atomic E-state index is 13.3. The summed E-state index contributed by atoms with van der Waals surface area (Å²) in [7, 11) is -3.63. The van der Waals surface area contributed by atoms with Gasteiger partial charge in [-0.25, -0.2) is 13.1 Å². The summed E-state index contributed by atoms with van der Waals surface area (Å²) in [5.74, 6) is -0.566. The predicted molar refractivity (Wildman–Crippen MR) is 111 cm³/mol. The number of para-hydroxylation sites is 1. The van der Waals surface area contributed by atoms with Crippen molar-refractivity contribution in [1.29, 1.82) is 0 Å². The van der Waals surface area contributed by atoms with Gasteiger partial charge >= 0.3 is 0 Å². The van der Waals surface area contributed by atoms with Gasteiger partial charge in [-0.1, -0.05) is 18.2 Å². The molecule has 2 N–H and O–H groups in total. The fourth-order valence-electron chi connectivity index (χ4n) is 3.98. The molecule has 0 saturated carbocycles. The molecule has 2 aromatic carbocycles. The fourth-order valence-corrected chi connectivity index (χ4v) is 5.55. The van der Waals surface area contributed by atoms with Crippen LogP contribution in [0.25, 0.3) is 16.9 Å². The number of fused-ring (bicyclic) bond motifs is 3. The lowest BCUT2D eigenvalue weighted by molar-refractivity contribution is 0.0298. The molecule has 2 aliphatic rings. The van der Waals surface area contributed by atoms with Crippen LogP contribution in [0, 0.1) is 0 Å². The standard InChI is InChI=1S/C21H20N4O4S/c22-14-6-7-18-16(12-14)20-17(13-30(18,27)28)19(21(26)24-8-10-29-11-9-24)23-25(20)15-4-2-1-3-5-15/h1-7,12H,8-11,13,22H2. The minimum absolute atomic E-state index is 0.160. The average Bonchev–Trinajstić information content (AvgIpc) is 3.13. The molecule has 1 aromatic heterocycles. The van der Waals surface area contributed by atoms with Gasteiger partial charge in [-0.2, -0.15) is 5.10 Å². The van der Waals surface area contributed by atoms with E-state index in [9.17, 15) is 13.2 Å². The Morgan fingerprint density at radius 1 is 1.07 bits per heavy atom. The van der Waals surface area contributed by atoms with Crippen LogP contribution in [0.2, 0.25) is 0 Å². The predicted octanol–water partition coefficient (Wildman–Crippen LogP) is 1.88. The Labute approximate surface area is 173 Å². The number of nitrogen functional groups attached to an aromatic ring is 1. The van der Waals surface area contributed by atoms with Crippen molar-refractivity contribution >= 4 is 21.4 Å². The molecule has 0 unspecified atom stereocenters. The van der Waals surface area contributed by atoms with Crippen LogP contribution in [0.1, 0.15) is 16.1 Å². The molecule has 1 fully saturated rings. The lowest BCUT2D eigenvalue weighted by Gasteiger charge is -2.26. The van der Waals surface area contributed by atoms with Crippen LogP contribution in [0.5, 0.6) is 0 Å². The number of hydrogen-bond donors (Lipinski definition) is 1. The number of amides is 1. The molecule has 154 valence electrons. The van der Waals surface area contributed by atoms with Gasteiger partial charge in [0.2, 0.25) is 0 Å². The van der Waals surface area contributed by atoms with Crippen molar-refractivity contribution in [1.82, 2.24) is 14.7 Å². The Morgan fingerprint density at radius 3 is 2.53 bits per heavy atom. The molecule has 1 amide bonds. The number of carbonyl (C=O) groups is 1. The first-order valence-electron chi connectivity index (χ1n) is 9.63. The average molecular weight is 424 g/mol. The molecule has 0 atom stereocenters. The third-order valence-electron chi connectivity index (χ3n) is 5.41. The molecule has 0 radical (unpaired) electrons. The van der Waals surface area contributed by atoms with Gasteiger partial charge in [0.15, 0.2) is 15.5 Å². The Kier molecular flexibility index (Phi) is 4.37. The van der Waals surface area contributed by atoms with Gasteiger partial charge in [-0.3, -0.25) is 4.79 Å². The number of anilines is 1. The first-order valence-corrected chi connectivity index (χ1v) is 11.3. The number of hydrogen-bond acceptors (Lipinski definition) is 6. The number of sulfone groups is 1. The van der Waals surface area contributed by atoms with Crippen molar-refractivity contribution in [3.63, 3.8) is 0 Å². The Hall–Kier alpha value is -3.17. The summed E-state index contributed by atoms with van der Waals surface area (Å²) in [5, 5.41) is 4.61. The van der Waals surface area contributed by atoms with E-state index in [1.165, 1.54) is 6.07 Å². The van der Waals surface area contributed by atoms with Gasteiger partial charge in [-0.05, 0) is 30.3 Å². The number of morpholine rings is 1. The molecule has 8 nitrogen and oxygen atoms in total. The van der Waals surface area contributed by atoms with Crippen LogP contribution in [0.15, 0.2) is 53.4 Å². The molecule has 0 bridgehead atoms. The van der Waals surface area contributed by atoms with Gasteiger partial charge in [0, 0.05) is 29.9 Å². The van der Waals surface area contributed by atoms with Crippen LogP contribution in [-0.4, -0.2) is 55.3 Å². The monoisotopic (exact) mass is 424 g/mol. The van der Waals surface area contributed by atoms with Crippen LogP contribution < -0.4 is 5.73 Å². The van der Waals surface area contributed by atoms with E-state index >= 15 is 0 Å². The molecule has 3 aromatic rings. The second-order valence-corrected chi connectivity index (χ2v) is 9.30. The van der Waals surface area contributed by atoms with Gasteiger partial charge in [0.25, 0.3) is 5.91 Å². The van der Waals surface area contributed by atoms with Crippen LogP contribution in [-0.2, 0) is 20.3 Å². The fraction of sp³-hybridized carbons (Fsp3) is 0.238. The highest BCUT2D eigenvalue weighted by Crippen LogP contribution is 2.41. The molecule has 9 heteroatoms. The third-order valence-corrected chi connectivity index (χ3v) is 7.11. The topological polar surface area (TPSA) is 108 Å². The zero-order chi connectivity index (χ0) is 20.9. The van der Waals surface area contributed by atoms with E-state index in [1.807, 2.05) is 30.3 Å². The summed E-state index contributed by atoms with van der Waals surface area (Å²) >= 11 is 0. The molecule has 3 heterocycles. The van der Waals surface area contributed by atoms with Crippen molar-refractivity contribution in [2.24, 2.45) is 0 Å². The van der Waals surface area contributed by atoms with E-state index in [1.54, 1.807) is 21.7 Å². The zero-order valence-electron chi connectivity index (χ0n) is 16.1. The van der Waals surface area contributed by atoms with Gasteiger partial charge in [0.05, 0.1) is 35.2 Å². The smallest absolute Gasteiger partial charge is 0.274 e. The van der Waals surface area contributed by atoms with Crippen LogP contribution in [0.3, 0.4) is 0 Å². The van der Waals surface area contributed by atoms with E-state index < -0.39 is 9.84 Å². The third kappa shape index (κ3) is 2.98. The first kappa shape index (κ1) is 18.8. The summed E-state index contributed by atoms with van der Waals surface area (Å²) in [6.45, 7) is 1.79. The number of nitrogens with zero attached hydrogens (tertiary/aromatic N) is 3. The Morgan fingerprint density at radius 2 is 1.80 bits per heavy atom. The highest BCUT2D eigenvalue weighted by Gasteiger charge is 2.37. The van der Waals surface area contributed by atoms with E-state index in [0.717, 1.165) is 5.69 Å². The second kappa shape index (κ2) is 6.96. The number of carbonyl (C=O) groups excluding carboxylic acids is 1. The normalized spacial score (nSPS) is 17.3. The van der Waals surface area contributed by atoms with Crippen molar-refractivity contribution in [2.45, 2.75) is 10.6 Å². The molecule has 2 aliphatic heterocycles. The minimum atomic E-state index is -3.63. The summed E-state index contributed by atoms with van der Waals surface area (Å²) in [6, 6.07) is 14.1. The molecular weight excluding hydrogens is 404 g/mol. The van der Waals surface area contributed by atoms with Crippen LogP contribution >= 0.6 is 0 Å². The summed E-state index contributed by atoms with van der Waals surface area (Å²) in [6.07, 6.45) is 0. The summed E-state index contributed by atoms with van der Waals surface area (Å²) < 4.78 is 33.0. The number of rotatable bonds is 2. The van der Waals surface area contributed by atoms with E-state index in [2.05, 4.69) is 5.10 Å².